The molecule has 0 aliphatic heterocycles. The van der Waals surface area contributed by atoms with Gasteiger partial charge in [-0.2, -0.15) is 0 Å². The number of anilines is 1. The number of para-hydroxylation sites is 1. The Hall–Kier alpha value is -4.18. The number of carbonyl (C=O) groups is 1. The monoisotopic (exact) mass is 467 g/mol. The quantitative estimate of drug-likeness (QED) is 0.209. The van der Waals surface area contributed by atoms with Gasteiger partial charge in [-0.25, -0.2) is 0 Å². The molecule has 0 saturated heterocycles. The van der Waals surface area contributed by atoms with E-state index in [2.05, 4.69) is 10.6 Å². The van der Waals surface area contributed by atoms with Gasteiger partial charge in [0.05, 0.1) is 18.1 Å². The molecule has 2 N–H and O–H groups in total. The van der Waals surface area contributed by atoms with Crippen molar-refractivity contribution in [2.45, 2.75) is 0 Å². The highest BCUT2D eigenvalue weighted by molar-refractivity contribution is 7.80. The molecule has 0 saturated carbocycles. The summed E-state index contributed by atoms with van der Waals surface area (Å²) in [6.45, 7) is 0.721. The second kappa shape index (κ2) is 11.4. The molecule has 0 fully saturated rings. The van der Waals surface area contributed by atoms with E-state index in [0.717, 1.165) is 5.75 Å². The van der Waals surface area contributed by atoms with E-state index in [4.69, 9.17) is 26.4 Å². The average Bonchev–Trinajstić information content (AvgIpc) is 2.83. The number of benzene rings is 3. The topological polar surface area (TPSA) is 112 Å². The number of thiocarbonyl (C=S) groups is 1. The highest BCUT2D eigenvalue weighted by atomic mass is 32.1. The predicted molar refractivity (Wildman–Crippen MR) is 127 cm³/mol. The van der Waals surface area contributed by atoms with Crippen molar-refractivity contribution in [1.29, 1.82) is 0 Å². The maximum Gasteiger partial charge on any atom is 0.296 e. The van der Waals surface area contributed by atoms with Crippen LogP contribution in [0.4, 0.5) is 11.4 Å². The van der Waals surface area contributed by atoms with Crippen molar-refractivity contribution in [3.8, 4) is 17.2 Å². The molecule has 1 amide bonds. The van der Waals surface area contributed by atoms with E-state index in [1.807, 2.05) is 30.3 Å². The molecule has 33 heavy (non-hydrogen) atoms. The van der Waals surface area contributed by atoms with Crippen molar-refractivity contribution in [3.05, 3.63) is 88.5 Å². The van der Waals surface area contributed by atoms with Crippen molar-refractivity contribution in [2.75, 3.05) is 25.6 Å². The summed E-state index contributed by atoms with van der Waals surface area (Å²) >= 11 is 5.12. The highest BCUT2D eigenvalue weighted by Gasteiger charge is 2.17. The van der Waals surface area contributed by atoms with Crippen LogP contribution in [0.25, 0.3) is 0 Å². The molecular weight excluding hydrogens is 446 g/mol. The zero-order chi connectivity index (χ0) is 23.6. The number of methoxy groups -OCH3 is 1. The van der Waals surface area contributed by atoms with E-state index in [1.54, 1.807) is 30.3 Å². The Labute approximate surface area is 195 Å². The van der Waals surface area contributed by atoms with Crippen LogP contribution in [0, 0.1) is 10.1 Å². The van der Waals surface area contributed by atoms with Crippen LogP contribution in [-0.2, 0) is 0 Å². The van der Waals surface area contributed by atoms with Gasteiger partial charge in [0.25, 0.3) is 11.6 Å². The number of hydrogen-bond acceptors (Lipinski definition) is 7. The van der Waals surface area contributed by atoms with E-state index in [-0.39, 0.29) is 16.5 Å². The normalized spacial score (nSPS) is 10.1. The second-order valence-electron chi connectivity index (χ2n) is 6.58. The molecule has 3 aromatic rings. The summed E-state index contributed by atoms with van der Waals surface area (Å²) in [7, 11) is 1.41. The van der Waals surface area contributed by atoms with E-state index in [0.29, 0.717) is 30.3 Å². The number of carbonyl (C=O) groups excluding carboxylic acids is 1. The fourth-order valence-corrected chi connectivity index (χ4v) is 2.96. The lowest BCUT2D eigenvalue weighted by molar-refractivity contribution is -0.384. The molecule has 0 aliphatic rings. The van der Waals surface area contributed by atoms with Crippen LogP contribution in [-0.4, -0.2) is 36.3 Å². The van der Waals surface area contributed by atoms with E-state index in [1.165, 1.54) is 19.2 Å². The Morgan fingerprint density at radius 1 is 0.939 bits per heavy atom. The van der Waals surface area contributed by atoms with E-state index < -0.39 is 10.8 Å². The molecule has 0 radical (unpaired) electrons. The van der Waals surface area contributed by atoms with Gasteiger partial charge < -0.3 is 19.5 Å². The first-order chi connectivity index (χ1) is 16.0. The Morgan fingerprint density at radius 3 is 2.15 bits per heavy atom. The minimum Gasteiger partial charge on any atom is -0.496 e. The van der Waals surface area contributed by atoms with Gasteiger partial charge in [-0.05, 0) is 60.7 Å². The van der Waals surface area contributed by atoms with Crippen molar-refractivity contribution in [1.82, 2.24) is 5.32 Å². The summed E-state index contributed by atoms with van der Waals surface area (Å²) in [5.41, 5.74) is 0.243. The van der Waals surface area contributed by atoms with Crippen molar-refractivity contribution in [3.63, 3.8) is 0 Å². The number of hydrogen-bond donors (Lipinski definition) is 2. The number of rotatable bonds is 9. The smallest absolute Gasteiger partial charge is 0.296 e. The van der Waals surface area contributed by atoms with Gasteiger partial charge in [0, 0.05) is 5.56 Å². The first kappa shape index (κ1) is 23.5. The molecule has 10 heteroatoms. The molecular formula is C23H21N3O6S. The number of amides is 1. The number of nitro groups is 1. The summed E-state index contributed by atoms with van der Waals surface area (Å²) in [4.78, 5) is 23.1. The molecule has 0 heterocycles. The first-order valence-electron chi connectivity index (χ1n) is 9.82. The molecule has 0 atom stereocenters. The van der Waals surface area contributed by atoms with Gasteiger partial charge in [0.2, 0.25) is 0 Å². The van der Waals surface area contributed by atoms with Crippen molar-refractivity contribution >= 4 is 34.6 Å². The second-order valence-corrected chi connectivity index (χ2v) is 6.99. The fraction of sp³-hybridized carbons (Fsp3) is 0.130. The lowest BCUT2D eigenvalue weighted by Crippen LogP contribution is -2.34. The minimum absolute atomic E-state index is 0.0772. The third-order valence-electron chi connectivity index (χ3n) is 4.36. The van der Waals surface area contributed by atoms with Gasteiger partial charge >= 0.3 is 0 Å². The number of ether oxygens (including phenoxy) is 3. The molecule has 3 rings (SSSR count). The Kier molecular flexibility index (Phi) is 8.14. The third-order valence-corrected chi connectivity index (χ3v) is 4.56. The molecule has 3 aromatic carbocycles. The van der Waals surface area contributed by atoms with Crippen LogP contribution in [0.2, 0.25) is 0 Å². The lowest BCUT2D eigenvalue weighted by Gasteiger charge is -2.11. The molecule has 0 aromatic heterocycles. The molecule has 170 valence electrons. The summed E-state index contributed by atoms with van der Waals surface area (Å²) in [6.07, 6.45) is 0. The SMILES string of the molecule is COc1ccc(NC(=S)NC(=O)c2ccc(OCCOc3ccccc3)cc2)c([N+](=O)[O-])c1. The molecule has 9 nitrogen and oxygen atoms in total. The molecule has 0 unspecified atom stereocenters. The van der Waals surface area contributed by atoms with Crippen LogP contribution >= 0.6 is 12.2 Å². The fourth-order valence-electron chi connectivity index (χ4n) is 2.76. The van der Waals surface area contributed by atoms with Crippen LogP contribution in [0.1, 0.15) is 10.4 Å². The van der Waals surface area contributed by atoms with Gasteiger partial charge in [-0.15, -0.1) is 0 Å². The van der Waals surface area contributed by atoms with Crippen LogP contribution in [0.3, 0.4) is 0 Å². The average molecular weight is 468 g/mol. The zero-order valence-corrected chi connectivity index (χ0v) is 18.5. The van der Waals surface area contributed by atoms with Gasteiger partial charge in [0.15, 0.2) is 5.11 Å². The first-order valence-corrected chi connectivity index (χ1v) is 10.2. The summed E-state index contributed by atoms with van der Waals surface area (Å²) < 4.78 is 16.2. The van der Waals surface area contributed by atoms with Gasteiger partial charge in [0.1, 0.15) is 36.1 Å². The third kappa shape index (κ3) is 6.91. The lowest BCUT2D eigenvalue weighted by atomic mass is 10.2. The molecule has 0 bridgehead atoms. The van der Waals surface area contributed by atoms with Crippen LogP contribution < -0.4 is 24.8 Å². The van der Waals surface area contributed by atoms with Crippen LogP contribution in [0.15, 0.2) is 72.8 Å². The largest absolute Gasteiger partial charge is 0.496 e. The summed E-state index contributed by atoms with van der Waals surface area (Å²) in [6, 6.07) is 20.1. The highest BCUT2D eigenvalue weighted by Crippen LogP contribution is 2.28. The number of nitrogens with one attached hydrogen (secondary N) is 2. The maximum absolute atomic E-state index is 12.4. The van der Waals surface area contributed by atoms with Crippen molar-refractivity contribution in [2.24, 2.45) is 0 Å². The Morgan fingerprint density at radius 2 is 1.55 bits per heavy atom. The Balaban J connectivity index is 1.50. The van der Waals surface area contributed by atoms with Gasteiger partial charge in [-0.1, -0.05) is 18.2 Å². The molecule has 0 aliphatic carbocycles. The maximum atomic E-state index is 12.4. The minimum atomic E-state index is -0.571. The standard InChI is InChI=1S/C23H21N3O6S/c1-30-19-11-12-20(21(15-19)26(28)29)24-23(33)25-22(27)16-7-9-18(10-8-16)32-14-13-31-17-5-3-2-4-6-17/h2-12,15H,13-14H2,1H3,(H2,24,25,27,33). The Bertz CT molecular complexity index is 1120. The zero-order valence-electron chi connectivity index (χ0n) is 17.6. The van der Waals surface area contributed by atoms with Crippen molar-refractivity contribution < 1.29 is 23.9 Å². The number of nitrogens with zero attached hydrogens (tertiary/aromatic N) is 1. The van der Waals surface area contributed by atoms with Gasteiger partial charge in [-0.3, -0.25) is 20.2 Å². The van der Waals surface area contributed by atoms with E-state index in [9.17, 15) is 14.9 Å². The number of nitro benzene ring substituents is 1. The van der Waals surface area contributed by atoms with E-state index >= 15 is 0 Å². The summed E-state index contributed by atoms with van der Waals surface area (Å²) in [5, 5.41) is 16.4. The van der Waals surface area contributed by atoms with Crippen LogP contribution in [0.5, 0.6) is 17.2 Å². The predicted octanol–water partition coefficient (Wildman–Crippen LogP) is 4.19. The molecule has 0 spiro atoms. The summed E-state index contributed by atoms with van der Waals surface area (Å²) in [5.74, 6) is 1.20.